The molecule has 8 nitrogen and oxygen atoms in total. The number of hydroxylamine groups is 1. The van der Waals surface area contributed by atoms with E-state index in [0.29, 0.717) is 0 Å². The van der Waals surface area contributed by atoms with Crippen molar-refractivity contribution in [3.8, 4) is 22.4 Å². The summed E-state index contributed by atoms with van der Waals surface area (Å²) in [5, 5.41) is 20.3. The minimum absolute atomic E-state index is 0.106. The summed E-state index contributed by atoms with van der Waals surface area (Å²) in [5.74, 6) is -0.971. The number of nitrogens with zero attached hydrogens (tertiary/aromatic N) is 3. The first-order chi connectivity index (χ1) is 15.7. The summed E-state index contributed by atoms with van der Waals surface area (Å²) in [6.07, 6.45) is 5.09. The Morgan fingerprint density at radius 2 is 1.73 bits per heavy atom. The standard InChI is InChI=1S/C25H30N4O4/c1-25(2,3)22(17-30)29(24(32)12-11-23(31)27-33)28-15-13-20(16-28)18-7-9-19(10-8-18)21-6-4-5-14-26-21/h4-10,13-16,22,30,33H,11-12,17H2,1-3H3,(H,27,31)/t22-/m1/s1. The number of benzene rings is 1. The zero-order valence-electron chi connectivity index (χ0n) is 19.1. The summed E-state index contributed by atoms with van der Waals surface area (Å²) in [4.78, 5) is 28.9. The third-order valence-corrected chi connectivity index (χ3v) is 5.52. The highest BCUT2D eigenvalue weighted by molar-refractivity contribution is 5.90. The van der Waals surface area contributed by atoms with Gasteiger partial charge in [0.2, 0.25) is 11.8 Å². The Kier molecular flexibility index (Phi) is 7.63. The Hall–Kier alpha value is -3.49. The molecule has 0 aliphatic carbocycles. The molecule has 0 spiro atoms. The molecule has 8 heteroatoms. The predicted octanol–water partition coefficient (Wildman–Crippen LogP) is 3.37. The summed E-state index contributed by atoms with van der Waals surface area (Å²) in [5.41, 5.74) is 4.89. The Balaban J connectivity index is 1.89. The molecule has 0 bridgehead atoms. The Morgan fingerprint density at radius 3 is 2.30 bits per heavy atom. The number of hydrogen-bond acceptors (Lipinski definition) is 5. The molecule has 3 aromatic rings. The van der Waals surface area contributed by atoms with Crippen molar-refractivity contribution in [2.24, 2.45) is 5.41 Å². The van der Waals surface area contributed by atoms with Crippen LogP contribution in [0.25, 0.3) is 22.4 Å². The second-order valence-electron chi connectivity index (χ2n) is 8.91. The van der Waals surface area contributed by atoms with Crippen LogP contribution in [-0.2, 0) is 9.59 Å². The molecule has 0 aliphatic heterocycles. The van der Waals surface area contributed by atoms with Crippen LogP contribution in [0.1, 0.15) is 33.6 Å². The predicted molar refractivity (Wildman–Crippen MR) is 126 cm³/mol. The van der Waals surface area contributed by atoms with Crippen LogP contribution in [0.3, 0.4) is 0 Å². The highest BCUT2D eigenvalue weighted by Gasteiger charge is 2.34. The molecule has 33 heavy (non-hydrogen) atoms. The molecule has 0 saturated carbocycles. The van der Waals surface area contributed by atoms with E-state index in [1.807, 2.05) is 75.5 Å². The summed E-state index contributed by atoms with van der Waals surface area (Å²) in [6, 6.07) is 15.1. The molecule has 1 atom stereocenters. The van der Waals surface area contributed by atoms with Crippen LogP contribution in [0.5, 0.6) is 0 Å². The molecular formula is C25H30N4O4. The van der Waals surface area contributed by atoms with Crippen molar-refractivity contribution in [1.29, 1.82) is 0 Å². The van der Waals surface area contributed by atoms with E-state index < -0.39 is 17.4 Å². The van der Waals surface area contributed by atoms with Crippen LogP contribution < -0.4 is 10.5 Å². The molecular weight excluding hydrogens is 420 g/mol. The van der Waals surface area contributed by atoms with Gasteiger partial charge in [0.15, 0.2) is 0 Å². The average Bonchev–Trinajstić information content (AvgIpc) is 3.30. The van der Waals surface area contributed by atoms with Crippen LogP contribution >= 0.6 is 0 Å². The number of carbonyl (C=O) groups is 2. The third-order valence-electron chi connectivity index (χ3n) is 5.52. The molecule has 0 fully saturated rings. The Bertz CT molecular complexity index is 1070. The highest BCUT2D eigenvalue weighted by atomic mass is 16.5. The SMILES string of the molecule is CC(C)(C)[C@@H](CO)N(C(=O)CCC(=O)NO)n1ccc(-c2ccc(-c3ccccn3)cc2)c1. The van der Waals surface area contributed by atoms with Gasteiger partial charge in [-0.05, 0) is 29.2 Å². The molecule has 174 valence electrons. The zero-order chi connectivity index (χ0) is 24.0. The minimum Gasteiger partial charge on any atom is -0.394 e. The van der Waals surface area contributed by atoms with E-state index >= 15 is 0 Å². The fourth-order valence-corrected chi connectivity index (χ4v) is 3.63. The number of rotatable bonds is 8. The van der Waals surface area contributed by atoms with E-state index in [4.69, 9.17) is 5.21 Å². The van der Waals surface area contributed by atoms with Crippen molar-refractivity contribution in [3.63, 3.8) is 0 Å². The molecule has 1 aromatic carbocycles. The number of aliphatic hydroxyl groups excluding tert-OH is 1. The van der Waals surface area contributed by atoms with Gasteiger partial charge in [0.25, 0.3) is 0 Å². The third kappa shape index (κ3) is 5.85. The lowest BCUT2D eigenvalue weighted by Crippen LogP contribution is -2.55. The van der Waals surface area contributed by atoms with Gasteiger partial charge in [-0.15, -0.1) is 0 Å². The van der Waals surface area contributed by atoms with Gasteiger partial charge in [0.05, 0.1) is 18.3 Å². The fraction of sp³-hybridized carbons (Fsp3) is 0.320. The summed E-state index contributed by atoms with van der Waals surface area (Å²) in [7, 11) is 0. The van der Waals surface area contributed by atoms with E-state index in [0.717, 1.165) is 22.4 Å². The molecule has 3 N–H and O–H groups in total. The second kappa shape index (κ2) is 10.4. The quantitative estimate of drug-likeness (QED) is 0.360. The van der Waals surface area contributed by atoms with Gasteiger partial charge in [-0.2, -0.15) is 0 Å². The van der Waals surface area contributed by atoms with E-state index in [2.05, 4.69) is 4.98 Å². The normalized spacial score (nSPS) is 12.3. The van der Waals surface area contributed by atoms with E-state index in [1.54, 1.807) is 22.5 Å². The molecule has 2 aromatic heterocycles. The van der Waals surface area contributed by atoms with Crippen molar-refractivity contribution in [2.45, 2.75) is 39.7 Å². The number of amides is 2. The maximum atomic E-state index is 13.1. The Morgan fingerprint density at radius 1 is 1.03 bits per heavy atom. The van der Waals surface area contributed by atoms with E-state index in [-0.39, 0.29) is 25.4 Å². The van der Waals surface area contributed by atoms with Crippen LogP contribution in [0.4, 0.5) is 0 Å². The topological polar surface area (TPSA) is 108 Å². The summed E-state index contributed by atoms with van der Waals surface area (Å²) < 4.78 is 1.66. The number of pyridine rings is 1. The molecule has 0 aliphatic rings. The van der Waals surface area contributed by atoms with Crippen molar-refractivity contribution in [3.05, 3.63) is 67.1 Å². The average molecular weight is 451 g/mol. The van der Waals surface area contributed by atoms with Gasteiger partial charge in [0.1, 0.15) is 0 Å². The number of carbonyl (C=O) groups excluding carboxylic acids is 2. The zero-order valence-corrected chi connectivity index (χ0v) is 19.1. The molecule has 2 heterocycles. The molecule has 0 saturated heterocycles. The first kappa shape index (κ1) is 24.2. The molecule has 2 amide bonds. The number of aliphatic hydroxyl groups is 1. The van der Waals surface area contributed by atoms with E-state index in [9.17, 15) is 14.7 Å². The molecule has 0 unspecified atom stereocenters. The molecule has 3 rings (SSSR count). The van der Waals surface area contributed by atoms with Crippen molar-refractivity contribution in [1.82, 2.24) is 15.1 Å². The minimum atomic E-state index is -0.638. The first-order valence-corrected chi connectivity index (χ1v) is 10.8. The van der Waals surface area contributed by atoms with Gasteiger partial charge in [0, 0.05) is 42.6 Å². The maximum absolute atomic E-state index is 13.1. The monoisotopic (exact) mass is 450 g/mol. The van der Waals surface area contributed by atoms with Crippen LogP contribution in [0.2, 0.25) is 0 Å². The van der Waals surface area contributed by atoms with Gasteiger partial charge in [-0.25, -0.2) is 10.5 Å². The van der Waals surface area contributed by atoms with Crippen molar-refractivity contribution < 1.29 is 19.9 Å². The van der Waals surface area contributed by atoms with Crippen LogP contribution in [0, 0.1) is 5.41 Å². The second-order valence-corrected chi connectivity index (χ2v) is 8.91. The maximum Gasteiger partial charge on any atom is 0.243 e. The largest absolute Gasteiger partial charge is 0.394 e. The van der Waals surface area contributed by atoms with Crippen LogP contribution in [-0.4, -0.2) is 44.4 Å². The molecule has 0 radical (unpaired) electrons. The van der Waals surface area contributed by atoms with E-state index in [1.165, 1.54) is 5.01 Å². The summed E-state index contributed by atoms with van der Waals surface area (Å²) in [6.45, 7) is 5.58. The number of nitrogens with one attached hydrogen (secondary N) is 1. The van der Waals surface area contributed by atoms with Gasteiger partial charge in [-0.1, -0.05) is 51.1 Å². The first-order valence-electron chi connectivity index (χ1n) is 10.8. The van der Waals surface area contributed by atoms with Crippen molar-refractivity contribution in [2.75, 3.05) is 11.6 Å². The summed E-state index contributed by atoms with van der Waals surface area (Å²) >= 11 is 0. The fourth-order valence-electron chi connectivity index (χ4n) is 3.63. The lowest BCUT2D eigenvalue weighted by Gasteiger charge is -2.39. The highest BCUT2D eigenvalue weighted by Crippen LogP contribution is 2.27. The number of hydrogen-bond donors (Lipinski definition) is 3. The van der Waals surface area contributed by atoms with Crippen LogP contribution in [0.15, 0.2) is 67.1 Å². The van der Waals surface area contributed by atoms with Gasteiger partial charge in [-0.3, -0.25) is 24.5 Å². The smallest absolute Gasteiger partial charge is 0.243 e. The Labute approximate surface area is 193 Å². The van der Waals surface area contributed by atoms with Crippen molar-refractivity contribution >= 4 is 11.8 Å². The lowest BCUT2D eigenvalue weighted by molar-refractivity contribution is -0.132. The van der Waals surface area contributed by atoms with Gasteiger partial charge < -0.3 is 5.11 Å². The van der Waals surface area contributed by atoms with Gasteiger partial charge >= 0.3 is 0 Å². The lowest BCUT2D eigenvalue weighted by atomic mass is 9.86. The number of aromatic nitrogens is 2.